The molecule has 1 saturated carbocycles. The third-order valence-electron chi connectivity index (χ3n) is 5.25. The smallest absolute Gasteiger partial charge is 0.177 e. The Morgan fingerprint density at radius 1 is 1.12 bits per heavy atom. The third kappa shape index (κ3) is 3.11. The number of benzene rings is 1. The van der Waals surface area contributed by atoms with E-state index in [-0.39, 0.29) is 6.04 Å². The molecule has 3 aromatic rings. The van der Waals surface area contributed by atoms with E-state index in [0.29, 0.717) is 23.8 Å². The number of aromatic nitrogens is 3. The lowest BCUT2D eigenvalue weighted by Gasteiger charge is -2.28. The predicted molar refractivity (Wildman–Crippen MR) is 104 cm³/mol. The first-order chi connectivity index (χ1) is 12.7. The Hall–Kier alpha value is -2.64. The molecular formula is C19H25N7. The monoisotopic (exact) mass is 351 g/mol. The van der Waals surface area contributed by atoms with Crippen LogP contribution in [0.3, 0.4) is 0 Å². The van der Waals surface area contributed by atoms with Crippen LogP contribution in [0.5, 0.6) is 0 Å². The summed E-state index contributed by atoms with van der Waals surface area (Å²) in [6, 6.07) is 8.34. The van der Waals surface area contributed by atoms with Gasteiger partial charge in [0, 0.05) is 36.2 Å². The fraction of sp³-hybridized carbons (Fsp3) is 0.368. The molecule has 26 heavy (non-hydrogen) atoms. The zero-order valence-corrected chi connectivity index (χ0v) is 14.7. The van der Waals surface area contributed by atoms with Crippen molar-refractivity contribution in [2.75, 3.05) is 11.1 Å². The quantitative estimate of drug-likeness (QED) is 0.573. The van der Waals surface area contributed by atoms with Crippen LogP contribution in [0.4, 0.5) is 17.2 Å². The zero-order valence-electron chi connectivity index (χ0n) is 14.7. The second-order valence-corrected chi connectivity index (χ2v) is 7.01. The first kappa shape index (κ1) is 16.8. The van der Waals surface area contributed by atoms with Crippen molar-refractivity contribution < 1.29 is 0 Å². The van der Waals surface area contributed by atoms with E-state index in [1.165, 1.54) is 0 Å². The fourth-order valence-corrected chi connectivity index (χ4v) is 3.75. The average Bonchev–Trinajstić information content (AvgIpc) is 3.13. The first-order valence-corrected chi connectivity index (χ1v) is 9.10. The number of anilines is 3. The van der Waals surface area contributed by atoms with Gasteiger partial charge >= 0.3 is 0 Å². The molecule has 0 saturated heterocycles. The minimum atomic E-state index is 0.288. The summed E-state index contributed by atoms with van der Waals surface area (Å²) >= 11 is 0. The van der Waals surface area contributed by atoms with Gasteiger partial charge in [-0.15, -0.1) is 5.10 Å². The molecule has 136 valence electrons. The molecule has 2 aromatic heterocycles. The molecule has 0 bridgehead atoms. The van der Waals surface area contributed by atoms with Gasteiger partial charge in [0.05, 0.1) is 5.69 Å². The maximum Gasteiger partial charge on any atom is 0.177 e. The zero-order chi connectivity index (χ0) is 18.1. The molecule has 0 radical (unpaired) electrons. The van der Waals surface area contributed by atoms with Gasteiger partial charge in [0.1, 0.15) is 0 Å². The lowest BCUT2D eigenvalue weighted by Crippen LogP contribution is -2.26. The molecular weight excluding hydrogens is 326 g/mol. The summed E-state index contributed by atoms with van der Waals surface area (Å²) in [5.74, 6) is 1.13. The summed E-state index contributed by atoms with van der Waals surface area (Å²) in [4.78, 5) is 4.37. The number of imidazole rings is 1. The Morgan fingerprint density at radius 3 is 2.54 bits per heavy atom. The highest BCUT2D eigenvalue weighted by atomic mass is 15.3. The van der Waals surface area contributed by atoms with E-state index >= 15 is 0 Å². The summed E-state index contributed by atoms with van der Waals surface area (Å²) in [6.07, 6.45) is 7.59. The van der Waals surface area contributed by atoms with Gasteiger partial charge in [0.15, 0.2) is 11.5 Å². The highest BCUT2D eigenvalue weighted by Crippen LogP contribution is 2.40. The van der Waals surface area contributed by atoms with Crippen LogP contribution in [0, 0.1) is 0 Å². The van der Waals surface area contributed by atoms with Gasteiger partial charge in [0.2, 0.25) is 0 Å². The lowest BCUT2D eigenvalue weighted by atomic mass is 9.81. The SMILES string of the molecule is NCc1ccc(Nc2nn3ccnc3c(N)c2C2CCC(N)CC2)cc1. The van der Waals surface area contributed by atoms with Crippen molar-refractivity contribution in [3.8, 4) is 0 Å². The van der Waals surface area contributed by atoms with E-state index in [1.54, 1.807) is 10.7 Å². The Bertz CT molecular complexity index is 892. The predicted octanol–water partition coefficient (Wildman–Crippen LogP) is 2.50. The van der Waals surface area contributed by atoms with Crippen molar-refractivity contribution >= 4 is 22.8 Å². The number of nitrogens with one attached hydrogen (secondary N) is 1. The molecule has 0 amide bonds. The molecule has 4 rings (SSSR count). The molecule has 2 heterocycles. The number of hydrogen-bond acceptors (Lipinski definition) is 6. The van der Waals surface area contributed by atoms with Gasteiger partial charge in [-0.2, -0.15) is 0 Å². The highest BCUT2D eigenvalue weighted by Gasteiger charge is 2.26. The maximum atomic E-state index is 6.52. The third-order valence-corrected chi connectivity index (χ3v) is 5.25. The van der Waals surface area contributed by atoms with Crippen molar-refractivity contribution in [3.05, 3.63) is 47.8 Å². The van der Waals surface area contributed by atoms with Crippen LogP contribution < -0.4 is 22.5 Å². The average molecular weight is 351 g/mol. The number of hydrogen-bond donors (Lipinski definition) is 4. The van der Waals surface area contributed by atoms with Gasteiger partial charge < -0.3 is 22.5 Å². The number of nitrogen functional groups attached to an aromatic ring is 1. The Kier molecular flexibility index (Phi) is 4.48. The topological polar surface area (TPSA) is 120 Å². The van der Waals surface area contributed by atoms with E-state index in [1.807, 2.05) is 30.5 Å². The van der Waals surface area contributed by atoms with Gasteiger partial charge in [-0.25, -0.2) is 9.50 Å². The van der Waals surface area contributed by atoms with Crippen LogP contribution in [-0.2, 0) is 6.54 Å². The number of rotatable bonds is 4. The molecule has 1 aliphatic rings. The van der Waals surface area contributed by atoms with Crippen LogP contribution in [0.15, 0.2) is 36.7 Å². The molecule has 7 nitrogen and oxygen atoms in total. The standard InChI is InChI=1S/C19H25N7/c20-11-12-1-7-15(8-2-12)24-18-16(13-3-5-14(21)6-4-13)17(22)19-23-9-10-26(19)25-18/h1-2,7-10,13-14H,3-6,11,20-22H2,(H,24,25). The lowest BCUT2D eigenvalue weighted by molar-refractivity contribution is 0.396. The van der Waals surface area contributed by atoms with Gasteiger partial charge in [-0.1, -0.05) is 12.1 Å². The summed E-state index contributed by atoms with van der Waals surface area (Å²) < 4.78 is 1.73. The Morgan fingerprint density at radius 2 is 1.85 bits per heavy atom. The van der Waals surface area contributed by atoms with Crippen molar-refractivity contribution in [2.24, 2.45) is 11.5 Å². The van der Waals surface area contributed by atoms with Gasteiger partial charge in [0.25, 0.3) is 0 Å². The second kappa shape index (κ2) is 6.93. The molecule has 7 heteroatoms. The molecule has 0 aliphatic heterocycles. The van der Waals surface area contributed by atoms with Crippen LogP contribution in [0.2, 0.25) is 0 Å². The van der Waals surface area contributed by atoms with Gasteiger partial charge in [-0.05, 0) is 49.3 Å². The van der Waals surface area contributed by atoms with E-state index in [0.717, 1.165) is 48.3 Å². The summed E-state index contributed by atoms with van der Waals surface area (Å²) in [5.41, 5.74) is 22.8. The molecule has 0 atom stereocenters. The maximum absolute atomic E-state index is 6.52. The van der Waals surface area contributed by atoms with E-state index < -0.39 is 0 Å². The van der Waals surface area contributed by atoms with Crippen LogP contribution in [0.25, 0.3) is 5.65 Å². The van der Waals surface area contributed by atoms with Crippen molar-refractivity contribution in [3.63, 3.8) is 0 Å². The van der Waals surface area contributed by atoms with Crippen LogP contribution in [0.1, 0.15) is 42.7 Å². The molecule has 0 unspecified atom stereocenters. The summed E-state index contributed by atoms with van der Waals surface area (Å²) in [7, 11) is 0. The minimum absolute atomic E-state index is 0.288. The van der Waals surface area contributed by atoms with Crippen molar-refractivity contribution in [2.45, 2.75) is 44.2 Å². The molecule has 7 N–H and O–H groups in total. The van der Waals surface area contributed by atoms with Crippen molar-refractivity contribution in [1.82, 2.24) is 14.6 Å². The summed E-state index contributed by atoms with van der Waals surface area (Å²) in [5, 5.41) is 8.18. The molecule has 0 spiro atoms. The Labute approximate surface area is 152 Å². The molecule has 1 aromatic carbocycles. The van der Waals surface area contributed by atoms with Crippen LogP contribution >= 0.6 is 0 Å². The minimum Gasteiger partial charge on any atom is -0.395 e. The second-order valence-electron chi connectivity index (χ2n) is 7.01. The van der Waals surface area contributed by atoms with E-state index in [4.69, 9.17) is 22.3 Å². The van der Waals surface area contributed by atoms with E-state index in [9.17, 15) is 0 Å². The van der Waals surface area contributed by atoms with Crippen LogP contribution in [-0.4, -0.2) is 20.6 Å². The highest BCUT2D eigenvalue weighted by molar-refractivity contribution is 5.76. The first-order valence-electron chi connectivity index (χ1n) is 9.10. The summed E-state index contributed by atoms with van der Waals surface area (Å²) in [6.45, 7) is 0.528. The largest absolute Gasteiger partial charge is 0.395 e. The molecule has 1 fully saturated rings. The van der Waals surface area contributed by atoms with Crippen molar-refractivity contribution in [1.29, 1.82) is 0 Å². The normalized spacial score (nSPS) is 20.4. The number of fused-ring (bicyclic) bond motifs is 1. The Balaban J connectivity index is 1.74. The molecule has 1 aliphatic carbocycles. The van der Waals surface area contributed by atoms with E-state index in [2.05, 4.69) is 10.3 Å². The number of nitrogens with zero attached hydrogens (tertiary/aromatic N) is 3. The number of nitrogens with two attached hydrogens (primary N) is 3. The van der Waals surface area contributed by atoms with Gasteiger partial charge in [-0.3, -0.25) is 0 Å². The fourth-order valence-electron chi connectivity index (χ4n) is 3.75.